The summed E-state index contributed by atoms with van der Waals surface area (Å²) in [6.07, 6.45) is 12.5. The topological polar surface area (TPSA) is 48.2 Å². The van der Waals surface area contributed by atoms with Gasteiger partial charge in [-0.2, -0.15) is 9.13 Å². The van der Waals surface area contributed by atoms with Gasteiger partial charge >= 0.3 is 9.27 Å². The fourth-order valence-corrected chi connectivity index (χ4v) is 3.60. The Morgan fingerprint density at radius 2 is 0.917 bits per heavy atom. The largest absolute Gasteiger partial charge is 0.326 e. The zero-order valence-corrected chi connectivity index (χ0v) is 16.7. The van der Waals surface area contributed by atoms with E-state index in [0.717, 1.165) is 25.7 Å². The van der Waals surface area contributed by atoms with Crippen LogP contribution in [0.15, 0.2) is 61.2 Å². The molecule has 2 aromatic rings. The highest BCUT2D eigenvalue weighted by atomic mass is 79.9. The molecule has 2 unspecified atom stereocenters. The number of halogens is 2. The Morgan fingerprint density at radius 3 is 1.25 bits per heavy atom. The molecular weight excluding hydrogens is 436 g/mol. The summed E-state index contributed by atoms with van der Waals surface area (Å²) in [4.78, 5) is 0. The first kappa shape index (κ1) is 19.5. The van der Waals surface area contributed by atoms with Gasteiger partial charge in [0, 0.05) is 56.1 Å². The molecule has 6 heteroatoms. The Balaban J connectivity index is 1.68. The fraction of sp³-hybridized carbons (Fsp3) is 0.444. The van der Waals surface area contributed by atoms with E-state index in [4.69, 9.17) is 0 Å². The lowest BCUT2D eigenvalue weighted by Crippen LogP contribution is -2.51. The maximum atomic E-state index is 10.4. The number of unbranched alkanes of at least 4 members (excludes halogenated alkanes) is 3. The van der Waals surface area contributed by atoms with Crippen molar-refractivity contribution in [3.05, 3.63) is 61.2 Å². The number of alkyl halides is 2. The summed E-state index contributed by atoms with van der Waals surface area (Å²) in [7, 11) is 0. The van der Waals surface area contributed by atoms with Gasteiger partial charge in [0.25, 0.3) is 0 Å². The fourth-order valence-electron chi connectivity index (χ4n) is 2.57. The van der Waals surface area contributed by atoms with Crippen molar-refractivity contribution >= 4 is 31.9 Å². The number of aromatic nitrogens is 2. The molecule has 2 heterocycles. The van der Waals surface area contributed by atoms with Crippen LogP contribution in [0, 0.1) is 0 Å². The minimum absolute atomic E-state index is 0.633. The smallest absolute Gasteiger partial charge is 0.325 e. The highest BCUT2D eigenvalue weighted by Gasteiger charge is 2.33. The van der Waals surface area contributed by atoms with Gasteiger partial charge in [-0.05, 0) is 12.8 Å². The molecule has 2 N–H and O–H groups in total. The molecule has 0 aromatic carbocycles. The van der Waals surface area contributed by atoms with Crippen LogP contribution in [0.2, 0.25) is 0 Å². The van der Waals surface area contributed by atoms with E-state index in [2.05, 4.69) is 31.9 Å². The first-order chi connectivity index (χ1) is 11.4. The van der Waals surface area contributed by atoms with Gasteiger partial charge in [-0.1, -0.05) is 25.0 Å². The summed E-state index contributed by atoms with van der Waals surface area (Å²) in [6, 6.07) is 11.4. The molecule has 2 aromatic heterocycles. The summed E-state index contributed by atoms with van der Waals surface area (Å²) in [5.74, 6) is 0. The molecule has 24 heavy (non-hydrogen) atoms. The van der Waals surface area contributed by atoms with Crippen LogP contribution in [0.3, 0.4) is 0 Å². The van der Waals surface area contributed by atoms with E-state index in [1.807, 2.05) is 61.2 Å². The van der Waals surface area contributed by atoms with Crippen molar-refractivity contribution in [3.63, 3.8) is 0 Å². The zero-order valence-electron chi connectivity index (χ0n) is 13.6. The van der Waals surface area contributed by atoms with Crippen LogP contribution >= 0.6 is 31.9 Å². The van der Waals surface area contributed by atoms with Gasteiger partial charge < -0.3 is 10.2 Å². The number of hydrogen-bond donors (Lipinski definition) is 2. The van der Waals surface area contributed by atoms with Gasteiger partial charge in [-0.3, -0.25) is 0 Å². The van der Waals surface area contributed by atoms with E-state index in [0.29, 0.717) is 12.8 Å². The predicted octanol–water partition coefficient (Wildman–Crippen LogP) is 3.30. The maximum absolute atomic E-state index is 10.4. The molecule has 0 amide bonds. The van der Waals surface area contributed by atoms with E-state index in [-0.39, 0.29) is 0 Å². The predicted molar refractivity (Wildman–Crippen MR) is 99.2 cm³/mol. The van der Waals surface area contributed by atoms with Crippen LogP contribution in [-0.2, 0) is 9.27 Å². The van der Waals surface area contributed by atoms with Crippen molar-refractivity contribution in [2.75, 3.05) is 0 Å². The van der Waals surface area contributed by atoms with E-state index in [1.54, 1.807) is 9.13 Å². The second-order valence-electron chi connectivity index (χ2n) is 5.92. The second kappa shape index (κ2) is 9.04. The van der Waals surface area contributed by atoms with Crippen molar-refractivity contribution in [1.29, 1.82) is 0 Å². The SMILES string of the molecule is OC(Br)(CCCCCCC(O)(Br)[n+]1ccccc1)[n+]1ccccc1. The van der Waals surface area contributed by atoms with Gasteiger partial charge in [-0.25, -0.2) is 0 Å². The summed E-state index contributed by atoms with van der Waals surface area (Å²) in [5, 5.41) is 20.9. The van der Waals surface area contributed by atoms with Crippen LogP contribution in [0.4, 0.5) is 0 Å². The standard InChI is InChI=1S/C18H24Br2N2O2/c19-17(23,21-13-7-3-8-14-21)11-5-1-2-6-12-18(20,24)22-15-9-4-10-16-22/h3-4,7-10,13-16,23-24H,1-2,5-6,11-12H2/q+2. The van der Waals surface area contributed by atoms with Crippen LogP contribution < -0.4 is 9.13 Å². The summed E-state index contributed by atoms with van der Waals surface area (Å²) in [5.41, 5.74) is 0. The lowest BCUT2D eigenvalue weighted by Gasteiger charge is -2.16. The van der Waals surface area contributed by atoms with Gasteiger partial charge in [-0.15, -0.1) is 0 Å². The zero-order chi connectivity index (χ0) is 17.5. The third-order valence-corrected chi connectivity index (χ3v) is 5.57. The highest BCUT2D eigenvalue weighted by Crippen LogP contribution is 2.24. The molecule has 0 saturated carbocycles. The van der Waals surface area contributed by atoms with Gasteiger partial charge in [0.15, 0.2) is 24.8 Å². The third-order valence-electron chi connectivity index (χ3n) is 3.96. The molecule has 0 aliphatic carbocycles. The van der Waals surface area contributed by atoms with Crippen LogP contribution in [0.1, 0.15) is 38.5 Å². The van der Waals surface area contributed by atoms with Crippen LogP contribution in [0.5, 0.6) is 0 Å². The minimum atomic E-state index is -1.04. The lowest BCUT2D eigenvalue weighted by atomic mass is 10.1. The molecule has 0 bridgehead atoms. The summed E-state index contributed by atoms with van der Waals surface area (Å²) >= 11 is 6.78. The molecule has 0 radical (unpaired) electrons. The monoisotopic (exact) mass is 458 g/mol. The van der Waals surface area contributed by atoms with Crippen molar-refractivity contribution in [3.8, 4) is 0 Å². The molecule has 130 valence electrons. The van der Waals surface area contributed by atoms with Crippen LogP contribution in [-0.4, -0.2) is 10.2 Å². The lowest BCUT2D eigenvalue weighted by molar-refractivity contribution is -0.775. The molecule has 2 rings (SSSR count). The van der Waals surface area contributed by atoms with E-state index in [1.165, 1.54) is 0 Å². The molecular formula is C18H24Br2N2O2+2. The van der Waals surface area contributed by atoms with Gasteiger partial charge in [0.05, 0.1) is 12.8 Å². The van der Waals surface area contributed by atoms with E-state index < -0.39 is 9.27 Å². The van der Waals surface area contributed by atoms with Gasteiger partial charge in [0.2, 0.25) is 0 Å². The van der Waals surface area contributed by atoms with Crippen molar-refractivity contribution in [2.24, 2.45) is 0 Å². The minimum Gasteiger partial charge on any atom is -0.325 e. The molecule has 0 spiro atoms. The molecule has 0 aliphatic heterocycles. The second-order valence-corrected chi connectivity index (χ2v) is 8.46. The molecule has 0 fully saturated rings. The third kappa shape index (κ3) is 5.92. The number of rotatable bonds is 9. The maximum Gasteiger partial charge on any atom is 0.326 e. The Morgan fingerprint density at radius 1 is 0.583 bits per heavy atom. The average Bonchev–Trinajstić information content (AvgIpc) is 2.59. The number of pyridine rings is 2. The van der Waals surface area contributed by atoms with Gasteiger partial charge in [0.1, 0.15) is 0 Å². The normalized spacial score (nSPS) is 16.3. The van der Waals surface area contributed by atoms with Crippen molar-refractivity contribution in [1.82, 2.24) is 0 Å². The molecule has 0 aliphatic rings. The average molecular weight is 460 g/mol. The number of hydrogen-bond acceptors (Lipinski definition) is 2. The molecule has 2 atom stereocenters. The number of aliphatic hydroxyl groups is 2. The number of nitrogens with zero attached hydrogens (tertiary/aromatic N) is 2. The van der Waals surface area contributed by atoms with E-state index >= 15 is 0 Å². The first-order valence-corrected chi connectivity index (χ1v) is 9.76. The summed E-state index contributed by atoms with van der Waals surface area (Å²) in [6.45, 7) is 0. The quantitative estimate of drug-likeness (QED) is 0.343. The Bertz CT molecular complexity index is 551. The first-order valence-electron chi connectivity index (χ1n) is 8.18. The molecule has 0 saturated heterocycles. The Labute approximate surface area is 160 Å². The highest BCUT2D eigenvalue weighted by molar-refractivity contribution is 9.09. The van der Waals surface area contributed by atoms with Crippen molar-refractivity contribution < 1.29 is 19.3 Å². The summed E-state index contributed by atoms with van der Waals surface area (Å²) < 4.78 is 1.45. The molecule has 4 nitrogen and oxygen atoms in total. The van der Waals surface area contributed by atoms with Crippen LogP contribution in [0.25, 0.3) is 0 Å². The Hall–Kier alpha value is -0.820. The van der Waals surface area contributed by atoms with E-state index in [9.17, 15) is 10.2 Å². The van der Waals surface area contributed by atoms with Crippen molar-refractivity contribution in [2.45, 2.75) is 47.8 Å². The Kier molecular flexibility index (Phi) is 7.34.